The van der Waals surface area contributed by atoms with Gasteiger partial charge in [0.15, 0.2) is 5.78 Å². The number of Topliss-reactive ketones (excluding diaryl/α,β-unsaturated/α-hetero) is 1. The number of hydrogen-bond acceptors (Lipinski definition) is 8. The number of aromatic nitrogens is 5. The maximum absolute atomic E-state index is 11.8. The quantitative estimate of drug-likeness (QED) is 0.361. The number of aromatic amines is 1. The average molecular weight is 445 g/mol. The zero-order valence-corrected chi connectivity index (χ0v) is 18.3. The molecular formula is C24H23N5O4. The SMILES string of the molecule is CCCc1c(OCc2cccc(Oc3cc(-c4nn[nH]n4)ccn3)c2)ccc(C(C)=O)c1O. The molecule has 0 saturated carbocycles. The Labute approximate surface area is 190 Å². The molecule has 0 atom stereocenters. The summed E-state index contributed by atoms with van der Waals surface area (Å²) in [7, 11) is 0. The number of phenolic OH excluding ortho intramolecular Hbond substituents is 1. The highest BCUT2D eigenvalue weighted by Crippen LogP contribution is 2.33. The van der Waals surface area contributed by atoms with Gasteiger partial charge in [0.05, 0.1) is 5.56 Å². The van der Waals surface area contributed by atoms with Gasteiger partial charge >= 0.3 is 0 Å². The molecule has 0 unspecified atom stereocenters. The Hall–Kier alpha value is -4.27. The lowest BCUT2D eigenvalue weighted by Crippen LogP contribution is -2.02. The molecule has 2 heterocycles. The maximum atomic E-state index is 11.8. The van der Waals surface area contributed by atoms with E-state index in [0.29, 0.717) is 40.8 Å². The van der Waals surface area contributed by atoms with Crippen molar-refractivity contribution in [1.29, 1.82) is 0 Å². The smallest absolute Gasteiger partial charge is 0.219 e. The van der Waals surface area contributed by atoms with Crippen LogP contribution in [0.2, 0.25) is 0 Å². The Kier molecular flexibility index (Phi) is 6.58. The second kappa shape index (κ2) is 9.90. The summed E-state index contributed by atoms with van der Waals surface area (Å²) in [6.45, 7) is 3.71. The van der Waals surface area contributed by atoms with Crippen LogP contribution < -0.4 is 9.47 Å². The number of carbonyl (C=O) groups is 1. The van der Waals surface area contributed by atoms with Gasteiger partial charge in [0.2, 0.25) is 11.7 Å². The Morgan fingerprint density at radius 1 is 1.15 bits per heavy atom. The van der Waals surface area contributed by atoms with E-state index in [9.17, 15) is 9.90 Å². The van der Waals surface area contributed by atoms with E-state index in [1.807, 2.05) is 31.2 Å². The molecule has 168 valence electrons. The Balaban J connectivity index is 1.49. The maximum Gasteiger partial charge on any atom is 0.219 e. The number of nitrogens with zero attached hydrogens (tertiary/aromatic N) is 4. The van der Waals surface area contributed by atoms with Gasteiger partial charge in [-0.15, -0.1) is 10.2 Å². The molecule has 0 aliphatic carbocycles. The molecule has 33 heavy (non-hydrogen) atoms. The van der Waals surface area contributed by atoms with Crippen LogP contribution in [0, 0.1) is 0 Å². The van der Waals surface area contributed by atoms with Crippen LogP contribution in [0.15, 0.2) is 54.7 Å². The van der Waals surface area contributed by atoms with Crippen molar-refractivity contribution in [3.63, 3.8) is 0 Å². The topological polar surface area (TPSA) is 123 Å². The molecule has 9 nitrogen and oxygen atoms in total. The lowest BCUT2D eigenvalue weighted by Gasteiger charge is -2.15. The number of aromatic hydroxyl groups is 1. The van der Waals surface area contributed by atoms with Crippen molar-refractivity contribution < 1.29 is 19.4 Å². The van der Waals surface area contributed by atoms with Crippen LogP contribution in [0.3, 0.4) is 0 Å². The molecule has 0 saturated heterocycles. The number of phenols is 1. The van der Waals surface area contributed by atoms with Gasteiger partial charge in [-0.1, -0.05) is 25.5 Å². The standard InChI is InChI=1S/C24H23N5O4/c1-3-5-20-21(9-8-19(15(2)30)23(20)31)32-14-16-6-4-7-18(12-16)33-22-13-17(10-11-25-22)24-26-28-29-27-24/h4,6-13,31H,3,5,14H2,1-2H3,(H,26,27,28,29). The van der Waals surface area contributed by atoms with Crippen LogP contribution in [0.4, 0.5) is 0 Å². The molecule has 4 aromatic rings. The first-order valence-corrected chi connectivity index (χ1v) is 10.5. The van der Waals surface area contributed by atoms with Gasteiger partial charge in [-0.3, -0.25) is 4.79 Å². The summed E-state index contributed by atoms with van der Waals surface area (Å²) >= 11 is 0. The molecule has 2 N–H and O–H groups in total. The molecule has 0 spiro atoms. The molecule has 0 aliphatic heterocycles. The first-order valence-electron chi connectivity index (χ1n) is 10.5. The number of H-pyrrole nitrogens is 1. The molecule has 0 amide bonds. The second-order valence-corrected chi connectivity index (χ2v) is 7.40. The van der Waals surface area contributed by atoms with Crippen LogP contribution in [0.5, 0.6) is 23.1 Å². The predicted molar refractivity (Wildman–Crippen MR) is 120 cm³/mol. The Bertz CT molecular complexity index is 1260. The van der Waals surface area contributed by atoms with Crippen LogP contribution in [0.25, 0.3) is 11.4 Å². The number of nitrogens with one attached hydrogen (secondary N) is 1. The summed E-state index contributed by atoms with van der Waals surface area (Å²) in [6, 6.07) is 14.3. The third-order valence-electron chi connectivity index (χ3n) is 4.97. The lowest BCUT2D eigenvalue weighted by molar-refractivity contribution is 0.101. The number of ether oxygens (including phenoxy) is 2. The van der Waals surface area contributed by atoms with E-state index in [1.54, 1.807) is 30.5 Å². The molecule has 0 radical (unpaired) electrons. The largest absolute Gasteiger partial charge is 0.507 e. The van der Waals surface area contributed by atoms with Gasteiger partial charge in [-0.2, -0.15) is 5.21 Å². The van der Waals surface area contributed by atoms with E-state index in [4.69, 9.17) is 9.47 Å². The lowest BCUT2D eigenvalue weighted by atomic mass is 10.0. The van der Waals surface area contributed by atoms with Crippen molar-refractivity contribution in [2.75, 3.05) is 0 Å². The normalized spacial score (nSPS) is 10.7. The van der Waals surface area contributed by atoms with Crippen molar-refractivity contribution in [2.45, 2.75) is 33.3 Å². The summed E-state index contributed by atoms with van der Waals surface area (Å²) in [5.74, 6) is 1.80. The van der Waals surface area contributed by atoms with Gasteiger partial charge in [-0.05, 0) is 54.5 Å². The first-order chi connectivity index (χ1) is 16.0. The number of rotatable bonds is 9. The fraction of sp³-hybridized carbons (Fsp3) is 0.208. The third kappa shape index (κ3) is 5.15. The Morgan fingerprint density at radius 3 is 2.79 bits per heavy atom. The summed E-state index contributed by atoms with van der Waals surface area (Å²) < 4.78 is 11.9. The van der Waals surface area contributed by atoms with E-state index < -0.39 is 0 Å². The molecular weight excluding hydrogens is 422 g/mol. The van der Waals surface area contributed by atoms with Crippen LogP contribution in [-0.4, -0.2) is 36.5 Å². The van der Waals surface area contributed by atoms with E-state index in [1.165, 1.54) is 6.92 Å². The number of ketones is 1. The predicted octanol–water partition coefficient (Wildman–Crippen LogP) is 4.49. The van der Waals surface area contributed by atoms with Crippen molar-refractivity contribution >= 4 is 5.78 Å². The van der Waals surface area contributed by atoms with Crippen molar-refractivity contribution in [3.05, 3.63) is 71.4 Å². The molecule has 4 rings (SSSR count). The zero-order chi connectivity index (χ0) is 23.2. The Morgan fingerprint density at radius 2 is 2.03 bits per heavy atom. The summed E-state index contributed by atoms with van der Waals surface area (Å²) in [5, 5.41) is 24.4. The highest BCUT2D eigenvalue weighted by Gasteiger charge is 2.16. The zero-order valence-electron chi connectivity index (χ0n) is 18.3. The number of hydrogen-bond donors (Lipinski definition) is 2. The minimum Gasteiger partial charge on any atom is -0.507 e. The van der Waals surface area contributed by atoms with E-state index in [2.05, 4.69) is 25.6 Å². The molecule has 2 aromatic heterocycles. The van der Waals surface area contributed by atoms with Gasteiger partial charge < -0.3 is 14.6 Å². The molecule has 2 aromatic carbocycles. The van der Waals surface area contributed by atoms with Crippen LogP contribution in [-0.2, 0) is 13.0 Å². The van der Waals surface area contributed by atoms with Crippen molar-refractivity contribution in [1.82, 2.24) is 25.6 Å². The van der Waals surface area contributed by atoms with Crippen LogP contribution in [0.1, 0.15) is 41.8 Å². The number of benzene rings is 2. The van der Waals surface area contributed by atoms with E-state index in [-0.39, 0.29) is 18.1 Å². The first kappa shape index (κ1) is 21.9. The molecule has 0 fully saturated rings. The minimum absolute atomic E-state index is 0.00788. The summed E-state index contributed by atoms with van der Waals surface area (Å²) in [5.41, 5.74) is 2.54. The average Bonchev–Trinajstić information content (AvgIpc) is 3.35. The van der Waals surface area contributed by atoms with Gasteiger partial charge in [0.1, 0.15) is 23.9 Å². The highest BCUT2D eigenvalue weighted by atomic mass is 16.5. The van der Waals surface area contributed by atoms with Gasteiger partial charge in [-0.25, -0.2) is 4.98 Å². The minimum atomic E-state index is -0.182. The van der Waals surface area contributed by atoms with Gasteiger partial charge in [0.25, 0.3) is 0 Å². The van der Waals surface area contributed by atoms with Crippen molar-refractivity contribution in [2.24, 2.45) is 0 Å². The van der Waals surface area contributed by atoms with Gasteiger partial charge in [0, 0.05) is 23.4 Å². The number of carbonyl (C=O) groups excluding carboxylic acids is 1. The number of tetrazole rings is 1. The highest BCUT2D eigenvalue weighted by molar-refractivity contribution is 5.97. The van der Waals surface area contributed by atoms with E-state index in [0.717, 1.165) is 17.5 Å². The van der Waals surface area contributed by atoms with E-state index >= 15 is 0 Å². The van der Waals surface area contributed by atoms with Crippen molar-refractivity contribution in [3.8, 4) is 34.5 Å². The molecule has 0 bridgehead atoms. The monoisotopic (exact) mass is 445 g/mol. The van der Waals surface area contributed by atoms with Crippen LogP contribution >= 0.6 is 0 Å². The summed E-state index contributed by atoms with van der Waals surface area (Å²) in [4.78, 5) is 16.0. The second-order valence-electron chi connectivity index (χ2n) is 7.40. The number of pyridine rings is 1. The fourth-order valence-electron chi connectivity index (χ4n) is 3.40. The summed E-state index contributed by atoms with van der Waals surface area (Å²) in [6.07, 6.45) is 3.03. The fourth-order valence-corrected chi connectivity index (χ4v) is 3.40. The molecule has 9 heteroatoms. The third-order valence-corrected chi connectivity index (χ3v) is 4.97. The molecule has 0 aliphatic rings.